The standard InChI is InChI=1S/C15H22N2/c1-3-5-7-13-12(11-16)9-10-15(17)14(13)8-6-4-2/h9-10H,3-8,17H2,1-2H3. The first-order chi connectivity index (χ1) is 8.24. The Morgan fingerprint density at radius 2 is 1.65 bits per heavy atom. The predicted molar refractivity (Wildman–Crippen MR) is 72.8 cm³/mol. The molecule has 0 aliphatic heterocycles. The van der Waals surface area contributed by atoms with Crippen molar-refractivity contribution < 1.29 is 0 Å². The Kier molecular flexibility index (Phi) is 5.56. The third-order valence-electron chi connectivity index (χ3n) is 3.15. The fourth-order valence-corrected chi connectivity index (χ4v) is 2.10. The van der Waals surface area contributed by atoms with Crippen LogP contribution in [0.15, 0.2) is 12.1 Å². The van der Waals surface area contributed by atoms with Crippen molar-refractivity contribution in [2.45, 2.75) is 52.4 Å². The fourth-order valence-electron chi connectivity index (χ4n) is 2.10. The second-order valence-corrected chi connectivity index (χ2v) is 4.48. The molecule has 0 bridgehead atoms. The molecule has 1 rings (SSSR count). The van der Waals surface area contributed by atoms with Crippen molar-refractivity contribution >= 4 is 5.69 Å². The number of nitriles is 1. The van der Waals surface area contributed by atoms with E-state index < -0.39 is 0 Å². The Morgan fingerprint density at radius 1 is 1.06 bits per heavy atom. The van der Waals surface area contributed by atoms with Crippen molar-refractivity contribution in [2.24, 2.45) is 0 Å². The Hall–Kier alpha value is -1.49. The third-order valence-corrected chi connectivity index (χ3v) is 3.15. The molecule has 0 unspecified atom stereocenters. The van der Waals surface area contributed by atoms with Gasteiger partial charge in [-0.3, -0.25) is 0 Å². The van der Waals surface area contributed by atoms with E-state index in [1.54, 1.807) is 0 Å². The van der Waals surface area contributed by atoms with Gasteiger partial charge in [-0.2, -0.15) is 5.26 Å². The van der Waals surface area contributed by atoms with Crippen LogP contribution in [0, 0.1) is 11.3 Å². The zero-order chi connectivity index (χ0) is 12.7. The number of hydrogen-bond acceptors (Lipinski definition) is 2. The van der Waals surface area contributed by atoms with Crippen LogP contribution in [0.4, 0.5) is 5.69 Å². The average molecular weight is 230 g/mol. The topological polar surface area (TPSA) is 49.8 Å². The molecule has 17 heavy (non-hydrogen) atoms. The summed E-state index contributed by atoms with van der Waals surface area (Å²) in [5, 5.41) is 9.17. The number of rotatable bonds is 6. The van der Waals surface area contributed by atoms with Crippen LogP contribution in [-0.2, 0) is 12.8 Å². The number of nitrogens with zero attached hydrogens (tertiary/aromatic N) is 1. The zero-order valence-electron chi connectivity index (χ0n) is 10.9. The molecule has 0 aliphatic carbocycles. The van der Waals surface area contributed by atoms with E-state index in [1.165, 1.54) is 11.1 Å². The maximum atomic E-state index is 9.17. The van der Waals surface area contributed by atoms with Crippen LogP contribution >= 0.6 is 0 Å². The summed E-state index contributed by atoms with van der Waals surface area (Å²) in [5.74, 6) is 0. The largest absolute Gasteiger partial charge is 0.398 e. The monoisotopic (exact) mass is 230 g/mol. The average Bonchev–Trinajstić information content (AvgIpc) is 2.35. The first kappa shape index (κ1) is 13.6. The highest BCUT2D eigenvalue weighted by Crippen LogP contribution is 2.24. The number of hydrogen-bond donors (Lipinski definition) is 1. The molecule has 0 atom stereocenters. The van der Waals surface area contributed by atoms with Crippen molar-refractivity contribution in [3.8, 4) is 6.07 Å². The Bertz CT molecular complexity index is 402. The van der Waals surface area contributed by atoms with Gasteiger partial charge in [-0.15, -0.1) is 0 Å². The van der Waals surface area contributed by atoms with Crippen molar-refractivity contribution in [2.75, 3.05) is 5.73 Å². The van der Waals surface area contributed by atoms with E-state index >= 15 is 0 Å². The van der Waals surface area contributed by atoms with Gasteiger partial charge >= 0.3 is 0 Å². The van der Waals surface area contributed by atoms with Gasteiger partial charge in [0.1, 0.15) is 0 Å². The van der Waals surface area contributed by atoms with E-state index in [-0.39, 0.29) is 0 Å². The van der Waals surface area contributed by atoms with E-state index in [2.05, 4.69) is 19.9 Å². The second-order valence-electron chi connectivity index (χ2n) is 4.48. The summed E-state index contributed by atoms with van der Waals surface area (Å²) in [6.45, 7) is 4.35. The maximum Gasteiger partial charge on any atom is 0.0994 e. The quantitative estimate of drug-likeness (QED) is 0.755. The van der Waals surface area contributed by atoms with Crippen molar-refractivity contribution in [3.63, 3.8) is 0 Å². The van der Waals surface area contributed by atoms with Gasteiger partial charge in [0.25, 0.3) is 0 Å². The highest BCUT2D eigenvalue weighted by Gasteiger charge is 2.10. The van der Waals surface area contributed by atoms with Crippen LogP contribution in [-0.4, -0.2) is 0 Å². The Balaban J connectivity index is 3.08. The molecule has 0 amide bonds. The number of anilines is 1. The van der Waals surface area contributed by atoms with E-state index in [0.717, 1.165) is 49.8 Å². The molecule has 0 heterocycles. The molecule has 0 fully saturated rings. The molecule has 2 N–H and O–H groups in total. The molecule has 0 aromatic heterocycles. The van der Waals surface area contributed by atoms with Gasteiger partial charge in [0, 0.05) is 5.69 Å². The smallest absolute Gasteiger partial charge is 0.0994 e. The van der Waals surface area contributed by atoms with Crippen LogP contribution in [0.1, 0.15) is 56.2 Å². The molecule has 0 saturated carbocycles. The van der Waals surface area contributed by atoms with Gasteiger partial charge in [0.2, 0.25) is 0 Å². The van der Waals surface area contributed by atoms with Crippen molar-refractivity contribution in [1.82, 2.24) is 0 Å². The molecule has 0 saturated heterocycles. The summed E-state index contributed by atoms with van der Waals surface area (Å²) in [4.78, 5) is 0. The maximum absolute atomic E-state index is 9.17. The first-order valence-corrected chi connectivity index (χ1v) is 6.54. The molecule has 1 aromatic rings. The van der Waals surface area contributed by atoms with Gasteiger partial charge in [0.15, 0.2) is 0 Å². The third kappa shape index (κ3) is 3.49. The molecule has 0 aliphatic rings. The lowest BCUT2D eigenvalue weighted by Crippen LogP contribution is -2.03. The molecule has 1 aromatic carbocycles. The Labute approximate surface area is 104 Å². The SMILES string of the molecule is CCCCc1c(N)ccc(C#N)c1CCCC. The normalized spacial score (nSPS) is 10.2. The first-order valence-electron chi connectivity index (χ1n) is 6.54. The molecule has 2 heteroatoms. The van der Waals surface area contributed by atoms with E-state index in [1.807, 2.05) is 12.1 Å². The lowest BCUT2D eigenvalue weighted by Gasteiger charge is -2.13. The zero-order valence-corrected chi connectivity index (χ0v) is 10.9. The lowest BCUT2D eigenvalue weighted by molar-refractivity contribution is 0.758. The minimum absolute atomic E-state index is 0.804. The number of benzene rings is 1. The van der Waals surface area contributed by atoms with Crippen LogP contribution in [0.3, 0.4) is 0 Å². The van der Waals surface area contributed by atoms with Crippen LogP contribution in [0.2, 0.25) is 0 Å². The van der Waals surface area contributed by atoms with Crippen LogP contribution in [0.5, 0.6) is 0 Å². The minimum Gasteiger partial charge on any atom is -0.398 e. The summed E-state index contributed by atoms with van der Waals surface area (Å²) < 4.78 is 0. The van der Waals surface area contributed by atoms with Gasteiger partial charge in [-0.1, -0.05) is 26.7 Å². The Morgan fingerprint density at radius 3 is 2.18 bits per heavy atom. The van der Waals surface area contributed by atoms with Gasteiger partial charge in [-0.05, 0) is 48.9 Å². The minimum atomic E-state index is 0.804. The van der Waals surface area contributed by atoms with Crippen LogP contribution < -0.4 is 5.73 Å². The van der Waals surface area contributed by atoms with Gasteiger partial charge in [0.05, 0.1) is 11.6 Å². The summed E-state index contributed by atoms with van der Waals surface area (Å²) in [5.41, 5.74) is 10.1. The molecule has 0 spiro atoms. The highest BCUT2D eigenvalue weighted by atomic mass is 14.6. The molecular formula is C15H22N2. The molecule has 92 valence electrons. The summed E-state index contributed by atoms with van der Waals surface area (Å²) in [6.07, 6.45) is 6.53. The van der Waals surface area contributed by atoms with E-state index in [4.69, 9.17) is 11.0 Å². The van der Waals surface area contributed by atoms with E-state index in [0.29, 0.717) is 0 Å². The molecule has 0 radical (unpaired) electrons. The summed E-state index contributed by atoms with van der Waals surface area (Å²) in [7, 11) is 0. The predicted octanol–water partition coefficient (Wildman–Crippen LogP) is 3.83. The van der Waals surface area contributed by atoms with Crippen molar-refractivity contribution in [3.05, 3.63) is 28.8 Å². The summed E-state index contributed by atoms with van der Waals surface area (Å²) in [6, 6.07) is 6.02. The number of nitrogens with two attached hydrogens (primary N) is 1. The highest BCUT2D eigenvalue weighted by molar-refractivity contribution is 5.57. The van der Waals surface area contributed by atoms with Crippen molar-refractivity contribution in [1.29, 1.82) is 5.26 Å². The second kappa shape index (κ2) is 6.96. The summed E-state index contributed by atoms with van der Waals surface area (Å²) >= 11 is 0. The molecule has 2 nitrogen and oxygen atoms in total. The number of unbranched alkanes of at least 4 members (excludes halogenated alkanes) is 2. The molecular weight excluding hydrogens is 208 g/mol. The van der Waals surface area contributed by atoms with Gasteiger partial charge in [-0.25, -0.2) is 0 Å². The van der Waals surface area contributed by atoms with Gasteiger partial charge < -0.3 is 5.73 Å². The van der Waals surface area contributed by atoms with Crippen LogP contribution in [0.25, 0.3) is 0 Å². The number of nitrogen functional groups attached to an aromatic ring is 1. The van der Waals surface area contributed by atoms with E-state index in [9.17, 15) is 0 Å². The fraction of sp³-hybridized carbons (Fsp3) is 0.533. The lowest BCUT2D eigenvalue weighted by atomic mass is 9.92.